The topological polar surface area (TPSA) is 50.4 Å². The summed E-state index contributed by atoms with van der Waals surface area (Å²) in [6, 6.07) is 0. The van der Waals surface area contributed by atoms with Crippen LogP contribution in [0.3, 0.4) is 0 Å². The number of guanidine groups is 1. The highest BCUT2D eigenvalue weighted by atomic mass is 15.1. The molecule has 0 aromatic rings. The fourth-order valence-electron chi connectivity index (χ4n) is 1.65. The highest BCUT2D eigenvalue weighted by Gasteiger charge is 2.03. The van der Waals surface area contributed by atoms with Crippen LogP contribution in [0.15, 0.2) is 16.6 Å². The van der Waals surface area contributed by atoms with Crippen LogP contribution >= 0.6 is 0 Å². The maximum absolute atomic E-state index is 5.73. The normalized spacial score (nSPS) is 17.0. The highest BCUT2D eigenvalue weighted by Crippen LogP contribution is 2.19. The fraction of sp³-hybridized carbons (Fsp3) is 0.750. The van der Waals surface area contributed by atoms with Crippen LogP contribution in [0.2, 0.25) is 0 Å². The van der Waals surface area contributed by atoms with Crippen molar-refractivity contribution in [2.75, 3.05) is 13.1 Å². The standard InChI is InChI=1S/C12H23N3/c1-10(2)9-15-12(13)14-8-7-11-5-3-4-6-11/h5,10H,3-4,6-9H2,1-2H3,(H3,13,14,15). The number of nitrogens with two attached hydrogens (primary N) is 1. The molecule has 15 heavy (non-hydrogen) atoms. The monoisotopic (exact) mass is 209 g/mol. The molecule has 0 fully saturated rings. The summed E-state index contributed by atoms with van der Waals surface area (Å²) < 4.78 is 0. The van der Waals surface area contributed by atoms with Gasteiger partial charge in [-0.1, -0.05) is 25.5 Å². The molecule has 3 N–H and O–H groups in total. The first-order valence-corrected chi connectivity index (χ1v) is 5.90. The van der Waals surface area contributed by atoms with Crippen molar-refractivity contribution in [2.45, 2.75) is 39.5 Å². The summed E-state index contributed by atoms with van der Waals surface area (Å²) >= 11 is 0. The van der Waals surface area contributed by atoms with Gasteiger partial charge in [0, 0.05) is 13.1 Å². The maximum atomic E-state index is 5.73. The summed E-state index contributed by atoms with van der Waals surface area (Å²) in [7, 11) is 0. The lowest BCUT2D eigenvalue weighted by molar-refractivity contribution is 0.661. The molecule has 0 saturated heterocycles. The lowest BCUT2D eigenvalue weighted by Crippen LogP contribution is -2.33. The second-order valence-electron chi connectivity index (χ2n) is 4.55. The molecule has 1 aliphatic carbocycles. The smallest absolute Gasteiger partial charge is 0.188 e. The van der Waals surface area contributed by atoms with Gasteiger partial charge in [0.15, 0.2) is 5.96 Å². The first-order chi connectivity index (χ1) is 7.18. The van der Waals surface area contributed by atoms with Gasteiger partial charge in [-0.25, -0.2) is 0 Å². The van der Waals surface area contributed by atoms with Crippen molar-refractivity contribution in [2.24, 2.45) is 16.6 Å². The van der Waals surface area contributed by atoms with E-state index in [0.717, 1.165) is 19.5 Å². The second kappa shape index (κ2) is 6.49. The molecule has 0 bridgehead atoms. The number of hydrogen-bond acceptors (Lipinski definition) is 1. The van der Waals surface area contributed by atoms with Crippen LogP contribution in [-0.4, -0.2) is 19.0 Å². The highest BCUT2D eigenvalue weighted by molar-refractivity contribution is 5.77. The van der Waals surface area contributed by atoms with E-state index in [0.29, 0.717) is 11.9 Å². The zero-order valence-corrected chi connectivity index (χ0v) is 9.92. The maximum Gasteiger partial charge on any atom is 0.188 e. The number of aliphatic imine (C=N–C) groups is 1. The van der Waals surface area contributed by atoms with Crippen LogP contribution in [0.5, 0.6) is 0 Å². The van der Waals surface area contributed by atoms with Gasteiger partial charge >= 0.3 is 0 Å². The first-order valence-electron chi connectivity index (χ1n) is 5.90. The molecule has 86 valence electrons. The molecule has 0 aromatic carbocycles. The summed E-state index contributed by atoms with van der Waals surface area (Å²) in [5.74, 6) is 1.16. The number of nitrogens with zero attached hydrogens (tertiary/aromatic N) is 1. The third-order valence-electron chi connectivity index (χ3n) is 2.51. The molecular weight excluding hydrogens is 186 g/mol. The Morgan fingerprint density at radius 1 is 1.60 bits per heavy atom. The fourth-order valence-corrected chi connectivity index (χ4v) is 1.65. The van der Waals surface area contributed by atoms with Gasteiger partial charge in [-0.05, 0) is 31.6 Å². The van der Waals surface area contributed by atoms with E-state index in [1.54, 1.807) is 5.57 Å². The van der Waals surface area contributed by atoms with Crippen molar-refractivity contribution in [1.82, 2.24) is 5.32 Å². The molecule has 0 saturated carbocycles. The number of rotatable bonds is 5. The molecule has 1 rings (SSSR count). The Labute approximate surface area is 92.8 Å². The Morgan fingerprint density at radius 3 is 3.00 bits per heavy atom. The van der Waals surface area contributed by atoms with Gasteiger partial charge in [0.25, 0.3) is 0 Å². The van der Waals surface area contributed by atoms with E-state index in [-0.39, 0.29) is 0 Å². The average Bonchev–Trinajstić information content (AvgIpc) is 2.67. The molecule has 0 heterocycles. The molecule has 0 aromatic heterocycles. The summed E-state index contributed by atoms with van der Waals surface area (Å²) in [5.41, 5.74) is 7.29. The SMILES string of the molecule is CC(C)CN=C(N)NCCC1=CCCC1. The van der Waals surface area contributed by atoms with Gasteiger partial charge in [-0.2, -0.15) is 0 Å². The third-order valence-corrected chi connectivity index (χ3v) is 2.51. The van der Waals surface area contributed by atoms with E-state index in [1.807, 2.05) is 0 Å². The lowest BCUT2D eigenvalue weighted by atomic mass is 10.2. The largest absolute Gasteiger partial charge is 0.370 e. The van der Waals surface area contributed by atoms with Crippen LogP contribution in [0.4, 0.5) is 0 Å². The average molecular weight is 209 g/mol. The number of nitrogens with one attached hydrogen (secondary N) is 1. The predicted octanol–water partition coefficient (Wildman–Crippen LogP) is 2.05. The van der Waals surface area contributed by atoms with E-state index < -0.39 is 0 Å². The molecule has 0 spiro atoms. The summed E-state index contributed by atoms with van der Waals surface area (Å²) in [6.45, 7) is 6.00. The van der Waals surface area contributed by atoms with Crippen molar-refractivity contribution in [3.63, 3.8) is 0 Å². The Hall–Kier alpha value is -0.990. The number of allylic oxidation sites excluding steroid dienone is 1. The minimum Gasteiger partial charge on any atom is -0.370 e. The predicted molar refractivity (Wildman–Crippen MR) is 65.9 cm³/mol. The molecule has 0 amide bonds. The van der Waals surface area contributed by atoms with Crippen molar-refractivity contribution in [3.8, 4) is 0 Å². The molecule has 0 unspecified atom stereocenters. The molecule has 3 nitrogen and oxygen atoms in total. The lowest BCUT2D eigenvalue weighted by Gasteiger charge is -2.07. The zero-order chi connectivity index (χ0) is 11.1. The zero-order valence-electron chi connectivity index (χ0n) is 9.92. The van der Waals surface area contributed by atoms with Crippen LogP contribution < -0.4 is 11.1 Å². The van der Waals surface area contributed by atoms with Gasteiger partial charge in [0.1, 0.15) is 0 Å². The van der Waals surface area contributed by atoms with Crippen molar-refractivity contribution >= 4 is 5.96 Å². The minimum absolute atomic E-state index is 0.572. The summed E-state index contributed by atoms with van der Waals surface area (Å²) in [4.78, 5) is 4.25. The second-order valence-corrected chi connectivity index (χ2v) is 4.55. The van der Waals surface area contributed by atoms with E-state index in [2.05, 4.69) is 30.2 Å². The minimum atomic E-state index is 0.572. The van der Waals surface area contributed by atoms with Gasteiger partial charge in [0.05, 0.1) is 0 Å². The van der Waals surface area contributed by atoms with Crippen LogP contribution in [0.1, 0.15) is 39.5 Å². The Balaban J connectivity index is 2.10. The molecule has 0 atom stereocenters. The van der Waals surface area contributed by atoms with Gasteiger partial charge < -0.3 is 11.1 Å². The third kappa shape index (κ3) is 5.45. The molecule has 3 heteroatoms. The molecule has 1 aliphatic rings. The van der Waals surface area contributed by atoms with E-state index in [1.165, 1.54) is 19.3 Å². The van der Waals surface area contributed by atoms with Crippen LogP contribution in [-0.2, 0) is 0 Å². The quantitative estimate of drug-likeness (QED) is 0.413. The van der Waals surface area contributed by atoms with Gasteiger partial charge in [0.2, 0.25) is 0 Å². The van der Waals surface area contributed by atoms with Gasteiger partial charge in [-0.15, -0.1) is 0 Å². The molecular formula is C12H23N3. The summed E-state index contributed by atoms with van der Waals surface area (Å²) in [5, 5.41) is 3.15. The van der Waals surface area contributed by atoms with Crippen molar-refractivity contribution in [1.29, 1.82) is 0 Å². The van der Waals surface area contributed by atoms with Crippen molar-refractivity contribution < 1.29 is 0 Å². The van der Waals surface area contributed by atoms with Gasteiger partial charge in [-0.3, -0.25) is 4.99 Å². The summed E-state index contributed by atoms with van der Waals surface area (Å²) in [6.07, 6.45) is 7.31. The van der Waals surface area contributed by atoms with E-state index >= 15 is 0 Å². The van der Waals surface area contributed by atoms with Crippen LogP contribution in [0, 0.1) is 5.92 Å². The van der Waals surface area contributed by atoms with E-state index in [4.69, 9.17) is 5.73 Å². The van der Waals surface area contributed by atoms with E-state index in [9.17, 15) is 0 Å². The van der Waals surface area contributed by atoms with Crippen LogP contribution in [0.25, 0.3) is 0 Å². The molecule has 0 radical (unpaired) electrons. The Morgan fingerprint density at radius 2 is 2.40 bits per heavy atom. The number of hydrogen-bond donors (Lipinski definition) is 2. The van der Waals surface area contributed by atoms with Crippen molar-refractivity contribution in [3.05, 3.63) is 11.6 Å². The first kappa shape index (κ1) is 12.1. The Kier molecular flexibility index (Phi) is 5.22. The Bertz CT molecular complexity index is 241. The molecule has 0 aliphatic heterocycles.